The highest BCUT2D eigenvalue weighted by atomic mass is 79.9. The monoisotopic (exact) mass is 326 g/mol. The summed E-state index contributed by atoms with van der Waals surface area (Å²) in [7, 11) is 0. The number of anilines is 1. The van der Waals surface area contributed by atoms with Gasteiger partial charge < -0.3 is 5.32 Å². The van der Waals surface area contributed by atoms with Gasteiger partial charge in [0.05, 0.1) is 10.4 Å². The summed E-state index contributed by atoms with van der Waals surface area (Å²) in [6, 6.07) is 2.26. The number of hydrogen-bond acceptors (Lipinski definition) is 3. The Kier molecular flexibility index (Phi) is 4.08. The van der Waals surface area contributed by atoms with E-state index in [1.807, 2.05) is 0 Å². The molecule has 1 heterocycles. The summed E-state index contributed by atoms with van der Waals surface area (Å²) in [5.41, 5.74) is 1.83. The quantitative estimate of drug-likeness (QED) is 0.841. The van der Waals surface area contributed by atoms with Gasteiger partial charge >= 0.3 is 0 Å². The molecule has 1 aliphatic rings. The molecule has 96 valence electrons. The van der Waals surface area contributed by atoms with Crippen LogP contribution in [0.5, 0.6) is 0 Å². The van der Waals surface area contributed by atoms with Gasteiger partial charge in [0.15, 0.2) is 0 Å². The minimum atomic E-state index is -0.249. The van der Waals surface area contributed by atoms with E-state index in [4.69, 9.17) is 0 Å². The molecule has 0 aliphatic heterocycles. The number of halogens is 1. The van der Waals surface area contributed by atoms with Crippen molar-refractivity contribution in [1.29, 1.82) is 5.26 Å². The number of amides is 1. The summed E-state index contributed by atoms with van der Waals surface area (Å²) >= 11 is 4.80. The molecule has 2 rings (SSSR count). The van der Waals surface area contributed by atoms with Crippen LogP contribution in [0.15, 0.2) is 0 Å². The molecule has 0 bridgehead atoms. The summed E-state index contributed by atoms with van der Waals surface area (Å²) in [5.74, 6) is 0.324. The average molecular weight is 327 g/mol. The van der Waals surface area contributed by atoms with Crippen molar-refractivity contribution in [3.8, 4) is 6.07 Å². The lowest BCUT2D eigenvalue weighted by Crippen LogP contribution is -2.19. The lowest BCUT2D eigenvalue weighted by atomic mass is 9.87. The highest BCUT2D eigenvalue weighted by molar-refractivity contribution is 9.10. The van der Waals surface area contributed by atoms with Crippen LogP contribution in [0.3, 0.4) is 0 Å². The van der Waals surface area contributed by atoms with E-state index >= 15 is 0 Å². The third-order valence-electron chi connectivity index (χ3n) is 3.27. The Labute approximate surface area is 119 Å². The Hall–Kier alpha value is -0.860. The van der Waals surface area contributed by atoms with Crippen LogP contribution in [0, 0.1) is 11.3 Å². The van der Waals surface area contributed by atoms with E-state index in [-0.39, 0.29) is 10.7 Å². The Morgan fingerprint density at radius 3 is 3.00 bits per heavy atom. The second-order valence-corrected chi connectivity index (χ2v) is 7.13. The predicted octanol–water partition coefficient (Wildman–Crippen LogP) is 3.78. The molecular formula is C13H15BrN2OS. The number of aryl methyl sites for hydroxylation is 1. The highest BCUT2D eigenvalue weighted by Crippen LogP contribution is 2.42. The largest absolute Gasteiger partial charge is 0.316 e. The first-order valence-corrected chi connectivity index (χ1v) is 7.78. The van der Waals surface area contributed by atoms with E-state index in [2.05, 4.69) is 34.2 Å². The summed E-state index contributed by atoms with van der Waals surface area (Å²) in [6.45, 7) is 3.93. The van der Waals surface area contributed by atoms with Crippen molar-refractivity contribution in [3.05, 3.63) is 16.0 Å². The van der Waals surface area contributed by atoms with Crippen LogP contribution in [0.2, 0.25) is 0 Å². The van der Waals surface area contributed by atoms with Crippen LogP contribution < -0.4 is 5.32 Å². The van der Waals surface area contributed by atoms with Gasteiger partial charge in [-0.15, -0.1) is 11.3 Å². The molecule has 1 aromatic heterocycles. The van der Waals surface area contributed by atoms with Crippen molar-refractivity contribution in [1.82, 2.24) is 0 Å². The Balaban J connectivity index is 2.38. The van der Waals surface area contributed by atoms with E-state index in [1.54, 1.807) is 18.3 Å². The standard InChI is InChI=1S/C13H15BrN2OS/c1-7-4-3-5-10-11(7)9(6-15)13(18-10)16-12(17)8(2)14/h7-8H,3-5H2,1-2H3,(H,16,17)/t7-,8+/m1/s1. The van der Waals surface area contributed by atoms with Gasteiger partial charge in [0.2, 0.25) is 5.91 Å². The molecule has 18 heavy (non-hydrogen) atoms. The first-order chi connectivity index (χ1) is 8.54. The molecule has 1 aliphatic carbocycles. The maximum absolute atomic E-state index is 11.7. The minimum absolute atomic E-state index is 0.0993. The average Bonchev–Trinajstić information content (AvgIpc) is 2.67. The predicted molar refractivity (Wildman–Crippen MR) is 77.4 cm³/mol. The lowest BCUT2D eigenvalue weighted by molar-refractivity contribution is -0.115. The Bertz CT molecular complexity index is 516. The number of hydrogen-bond donors (Lipinski definition) is 1. The van der Waals surface area contributed by atoms with Gasteiger partial charge in [0, 0.05) is 4.88 Å². The van der Waals surface area contributed by atoms with Gasteiger partial charge in [-0.2, -0.15) is 5.26 Å². The normalized spacial score (nSPS) is 19.8. The maximum atomic E-state index is 11.7. The molecule has 1 amide bonds. The number of nitrogens with one attached hydrogen (secondary N) is 1. The molecule has 0 aromatic carbocycles. The second kappa shape index (κ2) is 5.41. The number of rotatable bonds is 2. The van der Waals surface area contributed by atoms with Gasteiger partial charge in [-0.25, -0.2) is 0 Å². The zero-order valence-corrected chi connectivity index (χ0v) is 12.8. The van der Waals surface area contributed by atoms with Crippen molar-refractivity contribution in [3.63, 3.8) is 0 Å². The molecule has 5 heteroatoms. The van der Waals surface area contributed by atoms with Crippen LogP contribution >= 0.6 is 27.3 Å². The minimum Gasteiger partial charge on any atom is -0.316 e. The zero-order valence-electron chi connectivity index (χ0n) is 10.4. The molecule has 0 saturated carbocycles. The van der Waals surface area contributed by atoms with Crippen molar-refractivity contribution < 1.29 is 4.79 Å². The third kappa shape index (κ3) is 2.45. The van der Waals surface area contributed by atoms with Gasteiger partial charge in [0.25, 0.3) is 0 Å². The Morgan fingerprint density at radius 1 is 1.67 bits per heavy atom. The topological polar surface area (TPSA) is 52.9 Å². The first kappa shape index (κ1) is 13.6. The maximum Gasteiger partial charge on any atom is 0.238 e. The fourth-order valence-corrected chi connectivity index (χ4v) is 3.75. The summed E-state index contributed by atoms with van der Waals surface area (Å²) < 4.78 is 0. The fraction of sp³-hybridized carbons (Fsp3) is 0.538. The second-order valence-electron chi connectivity index (χ2n) is 4.65. The summed E-state index contributed by atoms with van der Waals surface area (Å²) in [6.07, 6.45) is 3.32. The lowest BCUT2D eigenvalue weighted by Gasteiger charge is -2.18. The van der Waals surface area contributed by atoms with Crippen molar-refractivity contribution in [2.45, 2.75) is 43.9 Å². The van der Waals surface area contributed by atoms with E-state index in [9.17, 15) is 10.1 Å². The molecule has 0 unspecified atom stereocenters. The van der Waals surface area contributed by atoms with Crippen molar-refractivity contribution >= 4 is 38.2 Å². The summed E-state index contributed by atoms with van der Waals surface area (Å²) in [4.78, 5) is 12.7. The molecule has 2 atom stereocenters. The highest BCUT2D eigenvalue weighted by Gasteiger charge is 2.26. The Morgan fingerprint density at radius 2 is 2.39 bits per heavy atom. The van der Waals surface area contributed by atoms with Gasteiger partial charge in [-0.05, 0) is 37.7 Å². The van der Waals surface area contributed by atoms with Crippen molar-refractivity contribution in [2.24, 2.45) is 0 Å². The number of fused-ring (bicyclic) bond motifs is 1. The molecule has 1 N–H and O–H groups in total. The molecule has 0 fully saturated rings. The third-order valence-corrected chi connectivity index (χ3v) is 4.86. The van der Waals surface area contributed by atoms with Gasteiger partial charge in [-0.1, -0.05) is 22.9 Å². The number of carbonyl (C=O) groups excluding carboxylic acids is 1. The van der Waals surface area contributed by atoms with E-state index < -0.39 is 0 Å². The molecular weight excluding hydrogens is 312 g/mol. The fourth-order valence-electron chi connectivity index (χ4n) is 2.32. The number of thiophene rings is 1. The molecule has 0 saturated heterocycles. The number of carbonyl (C=O) groups is 1. The number of alkyl halides is 1. The molecule has 0 radical (unpaired) electrons. The SMILES string of the molecule is C[C@H](Br)C(=O)Nc1sc2c(c1C#N)[C@H](C)CCC2. The van der Waals surface area contributed by atoms with Gasteiger partial charge in [-0.3, -0.25) is 4.79 Å². The van der Waals surface area contributed by atoms with Crippen LogP contribution in [0.4, 0.5) is 5.00 Å². The van der Waals surface area contributed by atoms with Crippen LogP contribution in [0.25, 0.3) is 0 Å². The van der Waals surface area contributed by atoms with Gasteiger partial charge in [0.1, 0.15) is 11.1 Å². The van der Waals surface area contributed by atoms with E-state index in [1.165, 1.54) is 11.3 Å². The molecule has 3 nitrogen and oxygen atoms in total. The van der Waals surface area contributed by atoms with Crippen molar-refractivity contribution in [2.75, 3.05) is 5.32 Å². The molecule has 0 spiro atoms. The number of nitriles is 1. The van der Waals surface area contributed by atoms with E-state index in [0.717, 1.165) is 18.4 Å². The van der Waals surface area contributed by atoms with Crippen LogP contribution in [-0.4, -0.2) is 10.7 Å². The van der Waals surface area contributed by atoms with Crippen LogP contribution in [-0.2, 0) is 11.2 Å². The number of nitrogens with zero attached hydrogens (tertiary/aromatic N) is 1. The first-order valence-electron chi connectivity index (χ1n) is 6.05. The summed E-state index contributed by atoms with van der Waals surface area (Å²) in [5, 5.41) is 12.9. The van der Waals surface area contributed by atoms with Crippen LogP contribution in [0.1, 0.15) is 48.6 Å². The van der Waals surface area contributed by atoms with E-state index in [0.29, 0.717) is 16.5 Å². The smallest absolute Gasteiger partial charge is 0.238 e. The zero-order chi connectivity index (χ0) is 13.3. The molecule has 1 aromatic rings.